The zero-order valence-corrected chi connectivity index (χ0v) is 9.76. The van der Waals surface area contributed by atoms with Crippen molar-refractivity contribution in [1.29, 1.82) is 0 Å². The van der Waals surface area contributed by atoms with Crippen molar-refractivity contribution >= 4 is 17.2 Å². The third-order valence-electron chi connectivity index (χ3n) is 2.67. The van der Waals surface area contributed by atoms with Crippen molar-refractivity contribution < 1.29 is 0 Å². The summed E-state index contributed by atoms with van der Waals surface area (Å²) in [4.78, 5) is 0. The van der Waals surface area contributed by atoms with Gasteiger partial charge in [0.05, 0.1) is 0 Å². The van der Waals surface area contributed by atoms with E-state index in [1.54, 1.807) is 0 Å². The molecule has 0 radical (unpaired) electrons. The zero-order valence-electron chi connectivity index (χ0n) is 9.76. The number of hydrogen-bond acceptors (Lipinski definition) is 3. The van der Waals surface area contributed by atoms with Crippen LogP contribution >= 0.6 is 0 Å². The molecular weight excluding hydrogens is 200 g/mol. The molecule has 16 heavy (non-hydrogen) atoms. The number of anilines is 3. The summed E-state index contributed by atoms with van der Waals surface area (Å²) >= 11 is 0. The number of nitrogens with zero attached hydrogens (tertiary/aromatic N) is 1. The molecule has 0 spiro atoms. The Morgan fingerprint density at radius 2 is 1.94 bits per heavy atom. The fourth-order valence-electron chi connectivity index (χ4n) is 1.50. The Labute approximate surface area is 95.1 Å². The fraction of sp³-hybridized carbons (Fsp3) is 0.250. The Kier molecular flexibility index (Phi) is 2.81. The smallest absolute Gasteiger partial charge is 0.155 e. The number of aromatic nitrogens is 2. The van der Waals surface area contributed by atoms with Crippen LogP contribution in [-0.4, -0.2) is 17.2 Å². The van der Waals surface area contributed by atoms with Crippen molar-refractivity contribution in [2.75, 3.05) is 17.7 Å². The Morgan fingerprint density at radius 1 is 1.19 bits per heavy atom. The first-order chi connectivity index (χ1) is 7.70. The fourth-order valence-corrected chi connectivity index (χ4v) is 1.50. The minimum absolute atomic E-state index is 0.880. The van der Waals surface area contributed by atoms with E-state index in [0.29, 0.717) is 0 Å². The van der Waals surface area contributed by atoms with E-state index in [2.05, 4.69) is 20.8 Å². The molecule has 1 heterocycles. The van der Waals surface area contributed by atoms with Gasteiger partial charge in [-0.05, 0) is 32.0 Å². The van der Waals surface area contributed by atoms with Crippen LogP contribution < -0.4 is 10.6 Å². The number of H-pyrrole nitrogens is 1. The monoisotopic (exact) mass is 216 g/mol. The molecule has 0 atom stereocenters. The summed E-state index contributed by atoms with van der Waals surface area (Å²) in [7, 11) is 1.91. The summed E-state index contributed by atoms with van der Waals surface area (Å²) in [5.74, 6) is 0.880. The first kappa shape index (κ1) is 10.5. The summed E-state index contributed by atoms with van der Waals surface area (Å²) in [6, 6.07) is 8.09. The predicted molar refractivity (Wildman–Crippen MR) is 67.3 cm³/mol. The molecule has 0 bridgehead atoms. The maximum atomic E-state index is 4.21. The average molecular weight is 216 g/mol. The number of nitrogens with one attached hydrogen (secondary N) is 3. The highest BCUT2D eigenvalue weighted by molar-refractivity contribution is 5.64. The average Bonchev–Trinajstić information content (AvgIpc) is 2.61. The maximum absolute atomic E-state index is 4.21. The van der Waals surface area contributed by atoms with Gasteiger partial charge in [0, 0.05) is 29.7 Å². The second-order valence-corrected chi connectivity index (χ2v) is 3.78. The van der Waals surface area contributed by atoms with E-state index in [9.17, 15) is 0 Å². The minimum Gasteiger partial charge on any atom is -0.388 e. The molecular formula is C12H16N4. The lowest BCUT2D eigenvalue weighted by Gasteiger charge is -2.06. The van der Waals surface area contributed by atoms with Crippen molar-refractivity contribution in [1.82, 2.24) is 10.2 Å². The molecule has 2 aromatic rings. The Bertz CT molecular complexity index is 488. The molecule has 1 aromatic heterocycles. The van der Waals surface area contributed by atoms with Gasteiger partial charge in [0.15, 0.2) is 5.82 Å². The lowest BCUT2D eigenvalue weighted by molar-refractivity contribution is 1.05. The van der Waals surface area contributed by atoms with Gasteiger partial charge in [0.1, 0.15) is 0 Å². The van der Waals surface area contributed by atoms with Gasteiger partial charge in [-0.25, -0.2) is 0 Å². The molecule has 4 nitrogen and oxygen atoms in total. The third kappa shape index (κ3) is 2.00. The predicted octanol–water partition coefficient (Wildman–Crippen LogP) is 2.81. The van der Waals surface area contributed by atoms with Gasteiger partial charge < -0.3 is 10.6 Å². The van der Waals surface area contributed by atoms with E-state index in [0.717, 1.165) is 28.5 Å². The molecule has 4 heteroatoms. The zero-order chi connectivity index (χ0) is 11.5. The van der Waals surface area contributed by atoms with Gasteiger partial charge in [0.2, 0.25) is 0 Å². The second kappa shape index (κ2) is 4.26. The normalized spacial score (nSPS) is 10.2. The van der Waals surface area contributed by atoms with Gasteiger partial charge in [-0.2, -0.15) is 5.10 Å². The number of rotatable bonds is 3. The summed E-state index contributed by atoms with van der Waals surface area (Å²) in [6.45, 7) is 4.06. The van der Waals surface area contributed by atoms with Crippen molar-refractivity contribution in [3.05, 3.63) is 35.5 Å². The molecule has 0 fully saturated rings. The van der Waals surface area contributed by atoms with Crippen LogP contribution in [0.3, 0.4) is 0 Å². The van der Waals surface area contributed by atoms with Crippen LogP contribution in [0, 0.1) is 13.8 Å². The van der Waals surface area contributed by atoms with Crippen molar-refractivity contribution in [2.24, 2.45) is 0 Å². The quantitative estimate of drug-likeness (QED) is 0.739. The van der Waals surface area contributed by atoms with Crippen LogP contribution in [-0.2, 0) is 0 Å². The van der Waals surface area contributed by atoms with Gasteiger partial charge in [0.25, 0.3) is 0 Å². The summed E-state index contributed by atoms with van der Waals surface area (Å²) < 4.78 is 0. The Morgan fingerprint density at radius 3 is 2.56 bits per heavy atom. The largest absolute Gasteiger partial charge is 0.388 e. The molecule has 0 aliphatic rings. The molecule has 0 amide bonds. The summed E-state index contributed by atoms with van der Waals surface area (Å²) in [6.07, 6.45) is 0. The highest BCUT2D eigenvalue weighted by atomic mass is 15.2. The molecule has 0 saturated carbocycles. The van der Waals surface area contributed by atoms with Gasteiger partial charge in [-0.1, -0.05) is 6.07 Å². The van der Waals surface area contributed by atoms with Crippen LogP contribution in [0.1, 0.15) is 11.3 Å². The van der Waals surface area contributed by atoms with E-state index < -0.39 is 0 Å². The molecule has 0 saturated heterocycles. The maximum Gasteiger partial charge on any atom is 0.155 e. The topological polar surface area (TPSA) is 52.7 Å². The van der Waals surface area contributed by atoms with Crippen LogP contribution in [0.2, 0.25) is 0 Å². The Balaban J connectivity index is 2.23. The van der Waals surface area contributed by atoms with Crippen LogP contribution in [0.4, 0.5) is 17.2 Å². The molecule has 3 N–H and O–H groups in total. The minimum atomic E-state index is 0.880. The second-order valence-electron chi connectivity index (χ2n) is 3.78. The van der Waals surface area contributed by atoms with E-state index in [1.807, 2.05) is 45.2 Å². The Hall–Kier alpha value is -1.97. The molecule has 0 unspecified atom stereocenters. The standard InChI is InChI=1S/C12H16N4/c1-8-9(2)15-16-12(8)14-11-6-4-5-10(7-11)13-3/h4-7,13H,1-3H3,(H2,14,15,16). The van der Waals surface area contributed by atoms with Gasteiger partial charge in [-0.3, -0.25) is 5.10 Å². The van der Waals surface area contributed by atoms with Crippen molar-refractivity contribution in [2.45, 2.75) is 13.8 Å². The molecule has 0 aliphatic heterocycles. The lowest BCUT2D eigenvalue weighted by atomic mass is 10.2. The highest BCUT2D eigenvalue weighted by Gasteiger charge is 2.05. The van der Waals surface area contributed by atoms with E-state index in [-0.39, 0.29) is 0 Å². The van der Waals surface area contributed by atoms with E-state index in [1.165, 1.54) is 0 Å². The van der Waals surface area contributed by atoms with Crippen LogP contribution in [0.25, 0.3) is 0 Å². The number of hydrogen-bond donors (Lipinski definition) is 3. The number of aryl methyl sites for hydroxylation is 1. The van der Waals surface area contributed by atoms with Gasteiger partial charge >= 0.3 is 0 Å². The third-order valence-corrected chi connectivity index (χ3v) is 2.67. The van der Waals surface area contributed by atoms with Crippen LogP contribution in [0.5, 0.6) is 0 Å². The highest BCUT2D eigenvalue weighted by Crippen LogP contribution is 2.21. The summed E-state index contributed by atoms with van der Waals surface area (Å²) in [5.41, 5.74) is 4.35. The molecule has 0 aliphatic carbocycles. The van der Waals surface area contributed by atoms with Gasteiger partial charge in [-0.15, -0.1) is 0 Å². The first-order valence-corrected chi connectivity index (χ1v) is 5.27. The van der Waals surface area contributed by atoms with E-state index >= 15 is 0 Å². The number of aromatic amines is 1. The molecule has 1 aromatic carbocycles. The lowest BCUT2D eigenvalue weighted by Crippen LogP contribution is -1.94. The van der Waals surface area contributed by atoms with Crippen LogP contribution in [0.15, 0.2) is 24.3 Å². The molecule has 84 valence electrons. The SMILES string of the molecule is CNc1cccc(Nc2n[nH]c(C)c2C)c1. The molecule has 2 rings (SSSR count). The van der Waals surface area contributed by atoms with Crippen molar-refractivity contribution in [3.63, 3.8) is 0 Å². The first-order valence-electron chi connectivity index (χ1n) is 5.27. The summed E-state index contributed by atoms with van der Waals surface area (Å²) in [5, 5.41) is 13.6. The van der Waals surface area contributed by atoms with E-state index in [4.69, 9.17) is 0 Å². The van der Waals surface area contributed by atoms with Crippen molar-refractivity contribution in [3.8, 4) is 0 Å². The number of benzene rings is 1.